The van der Waals surface area contributed by atoms with Crippen LogP contribution in [0, 0.1) is 6.92 Å². The van der Waals surface area contributed by atoms with Crippen molar-refractivity contribution in [2.45, 2.75) is 32.7 Å². The Kier molecular flexibility index (Phi) is 5.82. The molecular formula is C19H25NO. The van der Waals surface area contributed by atoms with Crippen molar-refractivity contribution in [3.63, 3.8) is 0 Å². The van der Waals surface area contributed by atoms with E-state index in [4.69, 9.17) is 4.74 Å². The molecule has 0 aromatic heterocycles. The average Bonchev–Trinajstić information content (AvgIpc) is 2.51. The lowest BCUT2D eigenvalue weighted by Gasteiger charge is -2.20. The molecule has 0 heterocycles. The summed E-state index contributed by atoms with van der Waals surface area (Å²) in [4.78, 5) is 0. The predicted molar refractivity (Wildman–Crippen MR) is 90.1 cm³/mol. The number of rotatable bonds is 6. The molecule has 1 aromatic rings. The van der Waals surface area contributed by atoms with Crippen molar-refractivity contribution in [2.75, 3.05) is 13.7 Å². The highest BCUT2D eigenvalue weighted by atomic mass is 16.5. The van der Waals surface area contributed by atoms with Gasteiger partial charge in [-0.1, -0.05) is 42.0 Å². The number of hydrogen-bond acceptors (Lipinski definition) is 2. The Labute approximate surface area is 128 Å². The molecule has 1 aliphatic rings. The normalized spacial score (nSPS) is 16.5. The van der Waals surface area contributed by atoms with Gasteiger partial charge >= 0.3 is 0 Å². The molecule has 21 heavy (non-hydrogen) atoms. The highest BCUT2D eigenvalue weighted by molar-refractivity contribution is 5.50. The van der Waals surface area contributed by atoms with E-state index in [9.17, 15) is 0 Å². The van der Waals surface area contributed by atoms with E-state index in [2.05, 4.69) is 67.7 Å². The van der Waals surface area contributed by atoms with Gasteiger partial charge in [0.25, 0.3) is 0 Å². The molecule has 0 unspecified atom stereocenters. The van der Waals surface area contributed by atoms with E-state index in [0.29, 0.717) is 6.04 Å². The third kappa shape index (κ3) is 4.91. The Bertz CT molecular complexity index is 554. The van der Waals surface area contributed by atoms with Gasteiger partial charge in [0.2, 0.25) is 0 Å². The Morgan fingerprint density at radius 1 is 1.38 bits per heavy atom. The van der Waals surface area contributed by atoms with Gasteiger partial charge < -0.3 is 10.1 Å². The van der Waals surface area contributed by atoms with E-state index in [-0.39, 0.29) is 0 Å². The number of ether oxygens (including phenoxy) is 1. The Hall–Kier alpha value is -1.80. The SMILES string of the molecule is COC1=CCCC([C@@H](C)NC/C=C/c2cccc(C)c2)=C1. The third-order valence-electron chi connectivity index (χ3n) is 3.79. The minimum atomic E-state index is 0.381. The molecule has 1 atom stereocenters. The Morgan fingerprint density at radius 3 is 3.00 bits per heavy atom. The highest BCUT2D eigenvalue weighted by Gasteiger charge is 2.11. The molecule has 0 saturated heterocycles. The van der Waals surface area contributed by atoms with Gasteiger partial charge in [-0.05, 0) is 50.0 Å². The monoisotopic (exact) mass is 283 g/mol. The van der Waals surface area contributed by atoms with Crippen molar-refractivity contribution >= 4 is 6.08 Å². The molecule has 1 aliphatic carbocycles. The fourth-order valence-corrected chi connectivity index (χ4v) is 2.52. The quantitative estimate of drug-likeness (QED) is 0.843. The Balaban J connectivity index is 1.83. The molecule has 0 bridgehead atoms. The molecule has 2 rings (SSSR count). The summed E-state index contributed by atoms with van der Waals surface area (Å²) in [5.74, 6) is 0.986. The number of hydrogen-bond donors (Lipinski definition) is 1. The number of nitrogens with one attached hydrogen (secondary N) is 1. The zero-order valence-electron chi connectivity index (χ0n) is 13.2. The molecule has 1 N–H and O–H groups in total. The summed E-state index contributed by atoms with van der Waals surface area (Å²) in [5.41, 5.74) is 3.97. The van der Waals surface area contributed by atoms with Crippen molar-refractivity contribution < 1.29 is 4.74 Å². The van der Waals surface area contributed by atoms with Crippen molar-refractivity contribution in [1.82, 2.24) is 5.32 Å². The molecule has 1 aromatic carbocycles. The van der Waals surface area contributed by atoms with Crippen LogP contribution in [0.2, 0.25) is 0 Å². The second kappa shape index (κ2) is 7.84. The van der Waals surface area contributed by atoms with Crippen LogP contribution in [0.15, 0.2) is 53.8 Å². The molecule has 0 fully saturated rings. The largest absolute Gasteiger partial charge is 0.497 e. The predicted octanol–water partition coefficient (Wildman–Crippen LogP) is 4.24. The standard InChI is InChI=1S/C19H25NO/c1-15-7-4-8-17(13-15)9-6-12-20-16(2)18-10-5-11-19(14-18)21-3/h4,6-9,11,13-14,16,20H,5,10,12H2,1-3H3/b9-6+/t16-/m1/s1. The van der Waals surface area contributed by atoms with Crippen LogP contribution in [-0.2, 0) is 4.74 Å². The summed E-state index contributed by atoms with van der Waals surface area (Å²) in [6.07, 6.45) is 10.8. The van der Waals surface area contributed by atoms with Crippen LogP contribution in [0.25, 0.3) is 6.08 Å². The van der Waals surface area contributed by atoms with E-state index < -0.39 is 0 Å². The van der Waals surface area contributed by atoms with Crippen LogP contribution in [-0.4, -0.2) is 19.7 Å². The average molecular weight is 283 g/mol. The molecule has 112 valence electrons. The maximum atomic E-state index is 5.31. The highest BCUT2D eigenvalue weighted by Crippen LogP contribution is 2.20. The zero-order valence-corrected chi connectivity index (χ0v) is 13.2. The van der Waals surface area contributed by atoms with Crippen LogP contribution >= 0.6 is 0 Å². The number of aryl methyl sites for hydroxylation is 1. The second-order valence-corrected chi connectivity index (χ2v) is 5.51. The topological polar surface area (TPSA) is 21.3 Å². The van der Waals surface area contributed by atoms with E-state index in [0.717, 1.165) is 25.1 Å². The van der Waals surface area contributed by atoms with Gasteiger partial charge in [-0.2, -0.15) is 0 Å². The Morgan fingerprint density at radius 2 is 2.24 bits per heavy atom. The molecule has 0 radical (unpaired) electrons. The van der Waals surface area contributed by atoms with E-state index in [1.54, 1.807) is 7.11 Å². The van der Waals surface area contributed by atoms with E-state index in [1.165, 1.54) is 16.7 Å². The summed E-state index contributed by atoms with van der Waals surface area (Å²) < 4.78 is 5.31. The molecule has 0 saturated carbocycles. The van der Waals surface area contributed by atoms with Gasteiger partial charge in [0, 0.05) is 12.6 Å². The van der Waals surface area contributed by atoms with Gasteiger partial charge in [-0.25, -0.2) is 0 Å². The number of benzene rings is 1. The van der Waals surface area contributed by atoms with Gasteiger partial charge in [0.1, 0.15) is 5.76 Å². The van der Waals surface area contributed by atoms with E-state index >= 15 is 0 Å². The minimum absolute atomic E-state index is 0.381. The van der Waals surface area contributed by atoms with Gasteiger partial charge in [0.05, 0.1) is 7.11 Å². The van der Waals surface area contributed by atoms with Crippen LogP contribution in [0.3, 0.4) is 0 Å². The summed E-state index contributed by atoms with van der Waals surface area (Å²) in [7, 11) is 1.73. The fourth-order valence-electron chi connectivity index (χ4n) is 2.52. The summed E-state index contributed by atoms with van der Waals surface area (Å²) in [6, 6.07) is 8.92. The molecule has 0 spiro atoms. The lowest BCUT2D eigenvalue weighted by molar-refractivity contribution is 0.302. The molecule has 2 nitrogen and oxygen atoms in total. The molecular weight excluding hydrogens is 258 g/mol. The van der Waals surface area contributed by atoms with Crippen molar-refractivity contribution in [1.29, 1.82) is 0 Å². The summed E-state index contributed by atoms with van der Waals surface area (Å²) >= 11 is 0. The maximum absolute atomic E-state index is 5.31. The fraction of sp³-hybridized carbons (Fsp3) is 0.368. The summed E-state index contributed by atoms with van der Waals surface area (Å²) in [5, 5.41) is 3.54. The van der Waals surface area contributed by atoms with Crippen molar-refractivity contribution in [3.8, 4) is 0 Å². The first-order valence-corrected chi connectivity index (χ1v) is 7.60. The second-order valence-electron chi connectivity index (χ2n) is 5.51. The third-order valence-corrected chi connectivity index (χ3v) is 3.79. The summed E-state index contributed by atoms with van der Waals surface area (Å²) in [6.45, 7) is 5.21. The van der Waals surface area contributed by atoms with Crippen LogP contribution in [0.1, 0.15) is 30.9 Å². The minimum Gasteiger partial charge on any atom is -0.497 e. The lowest BCUT2D eigenvalue weighted by Crippen LogP contribution is -2.28. The van der Waals surface area contributed by atoms with Crippen LogP contribution < -0.4 is 5.32 Å². The van der Waals surface area contributed by atoms with Crippen molar-refractivity contribution in [2.24, 2.45) is 0 Å². The smallest absolute Gasteiger partial charge is 0.114 e. The first kappa shape index (κ1) is 15.6. The lowest BCUT2D eigenvalue weighted by atomic mass is 9.98. The maximum Gasteiger partial charge on any atom is 0.114 e. The van der Waals surface area contributed by atoms with E-state index in [1.807, 2.05) is 0 Å². The first-order chi connectivity index (χ1) is 10.2. The zero-order chi connectivity index (χ0) is 15.1. The number of allylic oxidation sites excluding steroid dienone is 2. The van der Waals surface area contributed by atoms with Gasteiger partial charge in [0.15, 0.2) is 0 Å². The molecule has 0 amide bonds. The molecule has 2 heteroatoms. The van der Waals surface area contributed by atoms with Crippen LogP contribution in [0.5, 0.6) is 0 Å². The van der Waals surface area contributed by atoms with Crippen molar-refractivity contribution in [3.05, 3.63) is 65.0 Å². The van der Waals surface area contributed by atoms with Gasteiger partial charge in [-0.15, -0.1) is 0 Å². The van der Waals surface area contributed by atoms with Gasteiger partial charge in [-0.3, -0.25) is 0 Å². The molecule has 0 aliphatic heterocycles. The first-order valence-electron chi connectivity index (χ1n) is 7.60. The van der Waals surface area contributed by atoms with Crippen LogP contribution in [0.4, 0.5) is 0 Å². The number of methoxy groups -OCH3 is 1.